The first-order valence-electron chi connectivity index (χ1n) is 5.67. The van der Waals surface area contributed by atoms with E-state index in [2.05, 4.69) is 39.8 Å². The molecule has 2 rings (SSSR count). The van der Waals surface area contributed by atoms with Gasteiger partial charge in [0.25, 0.3) is 0 Å². The van der Waals surface area contributed by atoms with E-state index in [0.29, 0.717) is 17.4 Å². The van der Waals surface area contributed by atoms with Gasteiger partial charge in [-0.25, -0.2) is 0 Å². The zero-order valence-corrected chi connectivity index (χ0v) is 10.0. The Morgan fingerprint density at radius 3 is 2.07 bits per heavy atom. The van der Waals surface area contributed by atoms with E-state index in [9.17, 15) is 5.11 Å². The second-order valence-electron chi connectivity index (χ2n) is 6.18. The zero-order chi connectivity index (χ0) is 10.7. The van der Waals surface area contributed by atoms with Crippen LogP contribution in [0.3, 0.4) is 0 Å². The van der Waals surface area contributed by atoms with Gasteiger partial charge < -0.3 is 10.0 Å². The maximum Gasteiger partial charge on any atom is 0.0756 e. The predicted molar refractivity (Wildman–Crippen MR) is 58.1 cm³/mol. The largest absolute Gasteiger partial charge is 0.391 e. The summed E-state index contributed by atoms with van der Waals surface area (Å²) in [4.78, 5) is 2.21. The number of hydrogen-bond acceptors (Lipinski definition) is 2. The molecule has 2 heteroatoms. The van der Waals surface area contributed by atoms with Crippen LogP contribution in [0.1, 0.15) is 33.6 Å². The van der Waals surface area contributed by atoms with Crippen molar-refractivity contribution in [1.29, 1.82) is 0 Å². The van der Waals surface area contributed by atoms with E-state index in [0.717, 1.165) is 0 Å². The summed E-state index contributed by atoms with van der Waals surface area (Å²) in [5.74, 6) is 0.664. The standard InChI is InChI=1S/C12H23NO/c1-11(2)8-6-7-12(11,3)10(14)9(8)13(4)5/h8-10,14H,6-7H2,1-5H3/t8-,9?,10-,12-/m1/s1. The highest BCUT2D eigenvalue weighted by atomic mass is 16.3. The van der Waals surface area contributed by atoms with Gasteiger partial charge in [-0.3, -0.25) is 0 Å². The number of aliphatic hydroxyl groups excluding tert-OH is 1. The Morgan fingerprint density at radius 2 is 1.79 bits per heavy atom. The Bertz CT molecular complexity index is 249. The number of likely N-dealkylation sites (N-methyl/N-ethyl adjacent to an activating group) is 1. The van der Waals surface area contributed by atoms with Crippen molar-refractivity contribution in [2.45, 2.75) is 45.8 Å². The lowest BCUT2D eigenvalue weighted by Gasteiger charge is -2.38. The SMILES string of the molecule is CN(C)C1[C@H]2CC[C@](C)([C@@H]1O)C2(C)C. The summed E-state index contributed by atoms with van der Waals surface area (Å²) in [5, 5.41) is 10.4. The van der Waals surface area contributed by atoms with Crippen molar-refractivity contribution in [1.82, 2.24) is 4.90 Å². The fraction of sp³-hybridized carbons (Fsp3) is 1.00. The molecule has 0 amide bonds. The van der Waals surface area contributed by atoms with Gasteiger partial charge in [0.1, 0.15) is 0 Å². The number of nitrogens with zero attached hydrogens (tertiary/aromatic N) is 1. The van der Waals surface area contributed by atoms with E-state index >= 15 is 0 Å². The Morgan fingerprint density at radius 1 is 1.21 bits per heavy atom. The highest BCUT2D eigenvalue weighted by Crippen LogP contribution is 2.66. The average Bonchev–Trinajstić information content (AvgIpc) is 2.35. The van der Waals surface area contributed by atoms with E-state index in [-0.39, 0.29) is 11.5 Å². The minimum Gasteiger partial charge on any atom is -0.391 e. The summed E-state index contributed by atoms with van der Waals surface area (Å²) in [7, 11) is 4.18. The second-order valence-corrected chi connectivity index (χ2v) is 6.18. The lowest BCUT2D eigenvalue weighted by atomic mass is 9.70. The summed E-state index contributed by atoms with van der Waals surface area (Å²) in [6.07, 6.45) is 2.32. The summed E-state index contributed by atoms with van der Waals surface area (Å²) < 4.78 is 0. The first-order valence-corrected chi connectivity index (χ1v) is 5.67. The van der Waals surface area contributed by atoms with Crippen molar-refractivity contribution in [2.75, 3.05) is 14.1 Å². The molecule has 2 fully saturated rings. The highest BCUT2D eigenvalue weighted by molar-refractivity contribution is 5.16. The Kier molecular flexibility index (Phi) is 2.04. The summed E-state index contributed by atoms with van der Waals surface area (Å²) >= 11 is 0. The van der Waals surface area contributed by atoms with E-state index in [4.69, 9.17) is 0 Å². The van der Waals surface area contributed by atoms with Gasteiger partial charge in [0.15, 0.2) is 0 Å². The molecule has 1 N–H and O–H groups in total. The van der Waals surface area contributed by atoms with Gasteiger partial charge in [-0.2, -0.15) is 0 Å². The summed E-state index contributed by atoms with van der Waals surface area (Å²) in [6, 6.07) is 0.365. The number of rotatable bonds is 1. The molecule has 82 valence electrons. The molecule has 2 aliphatic rings. The monoisotopic (exact) mass is 197 g/mol. The minimum atomic E-state index is -0.147. The van der Waals surface area contributed by atoms with Crippen molar-refractivity contribution in [2.24, 2.45) is 16.7 Å². The Balaban J connectivity index is 2.39. The van der Waals surface area contributed by atoms with Gasteiger partial charge in [-0.1, -0.05) is 20.8 Å². The smallest absolute Gasteiger partial charge is 0.0756 e. The van der Waals surface area contributed by atoms with Crippen molar-refractivity contribution < 1.29 is 5.11 Å². The highest BCUT2D eigenvalue weighted by Gasteiger charge is 2.66. The zero-order valence-electron chi connectivity index (χ0n) is 10.0. The van der Waals surface area contributed by atoms with Gasteiger partial charge >= 0.3 is 0 Å². The molecular formula is C12H23NO. The van der Waals surface area contributed by atoms with E-state index in [1.807, 2.05) is 0 Å². The molecule has 0 spiro atoms. The molecule has 0 aromatic heterocycles. The van der Waals surface area contributed by atoms with Crippen LogP contribution >= 0.6 is 0 Å². The van der Waals surface area contributed by atoms with E-state index in [1.54, 1.807) is 0 Å². The summed E-state index contributed by atoms with van der Waals surface area (Å²) in [6.45, 7) is 6.93. The molecule has 14 heavy (non-hydrogen) atoms. The fourth-order valence-electron chi connectivity index (χ4n) is 3.93. The fourth-order valence-corrected chi connectivity index (χ4v) is 3.93. The number of hydrogen-bond donors (Lipinski definition) is 1. The summed E-state index contributed by atoms with van der Waals surface area (Å²) in [5.41, 5.74) is 0.425. The normalized spacial score (nSPS) is 50.4. The molecule has 1 unspecified atom stereocenters. The lowest BCUT2D eigenvalue weighted by molar-refractivity contribution is -0.0195. The first-order chi connectivity index (χ1) is 6.32. The molecule has 0 aliphatic heterocycles. The molecule has 2 saturated carbocycles. The maximum atomic E-state index is 10.4. The van der Waals surface area contributed by atoms with Crippen LogP contribution in [0.5, 0.6) is 0 Å². The van der Waals surface area contributed by atoms with Crippen LogP contribution in [-0.2, 0) is 0 Å². The van der Waals surface area contributed by atoms with Crippen LogP contribution in [0.15, 0.2) is 0 Å². The molecule has 2 nitrogen and oxygen atoms in total. The predicted octanol–water partition coefficient (Wildman–Crippen LogP) is 1.73. The van der Waals surface area contributed by atoms with Gasteiger partial charge in [0.2, 0.25) is 0 Å². The molecule has 0 heterocycles. The Labute approximate surface area is 87.3 Å². The molecular weight excluding hydrogens is 174 g/mol. The van der Waals surface area contributed by atoms with Gasteiger partial charge in [-0.15, -0.1) is 0 Å². The molecule has 0 radical (unpaired) electrons. The quantitative estimate of drug-likeness (QED) is 0.692. The lowest BCUT2D eigenvalue weighted by Crippen LogP contribution is -2.46. The van der Waals surface area contributed by atoms with Gasteiger partial charge in [0.05, 0.1) is 6.10 Å². The molecule has 2 aliphatic carbocycles. The second kappa shape index (κ2) is 2.73. The first kappa shape index (κ1) is 10.4. The molecule has 0 aromatic carbocycles. The third kappa shape index (κ3) is 0.938. The third-order valence-electron chi connectivity index (χ3n) is 5.36. The minimum absolute atomic E-state index is 0.132. The third-order valence-corrected chi connectivity index (χ3v) is 5.36. The van der Waals surface area contributed by atoms with Crippen LogP contribution in [0.4, 0.5) is 0 Å². The van der Waals surface area contributed by atoms with Crippen LogP contribution in [-0.4, -0.2) is 36.2 Å². The Hall–Kier alpha value is -0.0800. The number of aliphatic hydroxyl groups is 1. The van der Waals surface area contributed by atoms with Crippen LogP contribution in [0.2, 0.25) is 0 Å². The molecule has 4 atom stereocenters. The molecule has 0 saturated heterocycles. The van der Waals surface area contributed by atoms with E-state index < -0.39 is 0 Å². The number of fused-ring (bicyclic) bond motifs is 2. The van der Waals surface area contributed by atoms with E-state index in [1.165, 1.54) is 12.8 Å². The van der Waals surface area contributed by atoms with Gasteiger partial charge in [0, 0.05) is 11.5 Å². The van der Waals surface area contributed by atoms with Crippen molar-refractivity contribution >= 4 is 0 Å². The topological polar surface area (TPSA) is 23.5 Å². The maximum absolute atomic E-state index is 10.4. The molecule has 2 bridgehead atoms. The van der Waals surface area contributed by atoms with Crippen LogP contribution in [0.25, 0.3) is 0 Å². The van der Waals surface area contributed by atoms with Gasteiger partial charge in [-0.05, 0) is 38.3 Å². The van der Waals surface area contributed by atoms with Crippen molar-refractivity contribution in [3.63, 3.8) is 0 Å². The average molecular weight is 197 g/mol. The van der Waals surface area contributed by atoms with Crippen molar-refractivity contribution in [3.05, 3.63) is 0 Å². The molecule has 0 aromatic rings. The van der Waals surface area contributed by atoms with Crippen LogP contribution in [0, 0.1) is 16.7 Å². The van der Waals surface area contributed by atoms with Crippen LogP contribution < -0.4 is 0 Å². The van der Waals surface area contributed by atoms with Crippen molar-refractivity contribution in [3.8, 4) is 0 Å².